The molecule has 0 bridgehead atoms. The average molecular weight is 295 g/mol. The number of nitrogens with one attached hydrogen (secondary N) is 1. The Morgan fingerprint density at radius 3 is 2.24 bits per heavy atom. The quantitative estimate of drug-likeness (QED) is 0.530. The van der Waals surface area contributed by atoms with Crippen LogP contribution in [0.2, 0.25) is 0 Å². The van der Waals surface area contributed by atoms with Gasteiger partial charge >= 0.3 is 0 Å². The first-order chi connectivity index (χ1) is 10.4. The predicted octanol–water partition coefficient (Wildman–Crippen LogP) is 4.59. The maximum Gasteiger partial charge on any atom is 0.00965 e. The highest BCUT2D eigenvalue weighted by molar-refractivity contribution is 4.86. The van der Waals surface area contributed by atoms with Crippen molar-refractivity contribution < 1.29 is 0 Å². The van der Waals surface area contributed by atoms with Crippen LogP contribution < -0.4 is 5.32 Å². The second kappa shape index (κ2) is 10.6. The van der Waals surface area contributed by atoms with E-state index in [0.717, 1.165) is 12.0 Å². The summed E-state index contributed by atoms with van der Waals surface area (Å²) in [6.07, 6.45) is 17.3. The van der Waals surface area contributed by atoms with Crippen molar-refractivity contribution in [1.29, 1.82) is 0 Å². The normalized spacial score (nSPS) is 22.9. The molecule has 1 N–H and O–H groups in total. The molecule has 0 aromatic carbocycles. The number of rotatable bonds is 12. The molecule has 0 aromatic rings. The van der Waals surface area contributed by atoms with Gasteiger partial charge in [0.25, 0.3) is 0 Å². The van der Waals surface area contributed by atoms with Gasteiger partial charge in [-0.3, -0.25) is 0 Å². The maximum atomic E-state index is 3.57. The highest BCUT2D eigenvalue weighted by Crippen LogP contribution is 2.29. The number of piperidine rings is 1. The van der Waals surface area contributed by atoms with Gasteiger partial charge in [0.15, 0.2) is 0 Å². The van der Waals surface area contributed by atoms with Gasteiger partial charge in [0.05, 0.1) is 0 Å². The third-order valence-electron chi connectivity index (χ3n) is 5.25. The summed E-state index contributed by atoms with van der Waals surface area (Å²) < 4.78 is 0. The molecular formula is C19H38N2. The van der Waals surface area contributed by atoms with Gasteiger partial charge in [0, 0.05) is 12.6 Å². The zero-order chi connectivity index (χ0) is 14.8. The van der Waals surface area contributed by atoms with E-state index in [1.807, 2.05) is 0 Å². The van der Waals surface area contributed by atoms with Crippen LogP contribution >= 0.6 is 0 Å². The summed E-state index contributed by atoms with van der Waals surface area (Å²) in [5.41, 5.74) is 0. The highest BCUT2D eigenvalue weighted by Gasteiger charge is 2.30. The van der Waals surface area contributed by atoms with Gasteiger partial charge in [-0.25, -0.2) is 0 Å². The first kappa shape index (κ1) is 17.3. The molecule has 1 unspecified atom stereocenters. The van der Waals surface area contributed by atoms with E-state index in [1.165, 1.54) is 103 Å². The third-order valence-corrected chi connectivity index (χ3v) is 5.25. The lowest BCUT2D eigenvalue weighted by Crippen LogP contribution is -2.39. The van der Waals surface area contributed by atoms with Gasteiger partial charge in [-0.05, 0) is 57.7 Å². The first-order valence-electron chi connectivity index (χ1n) is 9.85. The minimum atomic E-state index is 0.924. The largest absolute Gasteiger partial charge is 0.316 e. The molecule has 2 heteroatoms. The fourth-order valence-electron chi connectivity index (χ4n) is 3.72. The molecule has 2 aliphatic rings. The van der Waals surface area contributed by atoms with Gasteiger partial charge in [-0.2, -0.15) is 0 Å². The summed E-state index contributed by atoms with van der Waals surface area (Å²) in [5.74, 6) is 0.924. The number of unbranched alkanes of at least 4 members (excludes halogenated alkanes) is 7. The van der Waals surface area contributed by atoms with E-state index in [2.05, 4.69) is 17.1 Å². The molecule has 21 heavy (non-hydrogen) atoms. The van der Waals surface area contributed by atoms with Crippen LogP contribution in [0.3, 0.4) is 0 Å². The molecule has 0 spiro atoms. The summed E-state index contributed by atoms with van der Waals surface area (Å²) in [6.45, 7) is 7.55. The summed E-state index contributed by atoms with van der Waals surface area (Å²) in [5, 5.41) is 3.57. The van der Waals surface area contributed by atoms with Crippen molar-refractivity contribution in [2.75, 3.05) is 26.2 Å². The Bertz CT molecular complexity index is 244. The zero-order valence-corrected chi connectivity index (χ0v) is 14.4. The van der Waals surface area contributed by atoms with Gasteiger partial charge in [0.2, 0.25) is 0 Å². The smallest absolute Gasteiger partial charge is 0.00965 e. The van der Waals surface area contributed by atoms with Crippen molar-refractivity contribution in [2.45, 2.75) is 90.0 Å². The Labute approximate surface area is 133 Å². The SMILES string of the molecule is CCCCCCCCCCN(CC1CCCNC1)C1CC1. The molecule has 0 aromatic heterocycles. The molecule has 1 aliphatic heterocycles. The summed E-state index contributed by atoms with van der Waals surface area (Å²) in [7, 11) is 0. The summed E-state index contributed by atoms with van der Waals surface area (Å²) >= 11 is 0. The van der Waals surface area contributed by atoms with Crippen molar-refractivity contribution >= 4 is 0 Å². The third kappa shape index (κ3) is 7.65. The Hall–Kier alpha value is -0.0800. The molecule has 1 saturated carbocycles. The second-order valence-corrected chi connectivity index (χ2v) is 7.41. The van der Waals surface area contributed by atoms with E-state index < -0.39 is 0 Å². The van der Waals surface area contributed by atoms with Gasteiger partial charge in [0.1, 0.15) is 0 Å². The maximum absolute atomic E-state index is 3.57. The Kier molecular flexibility index (Phi) is 8.73. The zero-order valence-electron chi connectivity index (χ0n) is 14.4. The van der Waals surface area contributed by atoms with E-state index in [1.54, 1.807) is 0 Å². The first-order valence-corrected chi connectivity index (χ1v) is 9.85. The minimum absolute atomic E-state index is 0.924. The van der Waals surface area contributed by atoms with Crippen LogP contribution in [0, 0.1) is 5.92 Å². The van der Waals surface area contributed by atoms with Crippen molar-refractivity contribution in [3.8, 4) is 0 Å². The van der Waals surface area contributed by atoms with Crippen LogP contribution in [0.5, 0.6) is 0 Å². The average Bonchev–Trinajstić information content (AvgIpc) is 3.34. The van der Waals surface area contributed by atoms with E-state index in [9.17, 15) is 0 Å². The van der Waals surface area contributed by atoms with E-state index in [-0.39, 0.29) is 0 Å². The van der Waals surface area contributed by atoms with Crippen LogP contribution in [0.1, 0.15) is 84.0 Å². The molecule has 2 rings (SSSR count). The van der Waals surface area contributed by atoms with Crippen molar-refractivity contribution in [2.24, 2.45) is 5.92 Å². The van der Waals surface area contributed by atoms with Gasteiger partial charge < -0.3 is 10.2 Å². The van der Waals surface area contributed by atoms with Gasteiger partial charge in [-0.15, -0.1) is 0 Å². The molecule has 124 valence electrons. The minimum Gasteiger partial charge on any atom is -0.316 e. The number of hydrogen-bond acceptors (Lipinski definition) is 2. The molecule has 1 aliphatic carbocycles. The Morgan fingerprint density at radius 1 is 0.905 bits per heavy atom. The van der Waals surface area contributed by atoms with Crippen LogP contribution in [-0.2, 0) is 0 Å². The lowest BCUT2D eigenvalue weighted by Gasteiger charge is -2.30. The fraction of sp³-hybridized carbons (Fsp3) is 1.00. The van der Waals surface area contributed by atoms with E-state index in [4.69, 9.17) is 0 Å². The Morgan fingerprint density at radius 2 is 1.62 bits per heavy atom. The lowest BCUT2D eigenvalue weighted by molar-refractivity contribution is 0.196. The van der Waals surface area contributed by atoms with Crippen molar-refractivity contribution in [3.63, 3.8) is 0 Å². The summed E-state index contributed by atoms with van der Waals surface area (Å²) in [4.78, 5) is 2.83. The molecule has 1 saturated heterocycles. The van der Waals surface area contributed by atoms with Crippen molar-refractivity contribution in [3.05, 3.63) is 0 Å². The molecule has 2 nitrogen and oxygen atoms in total. The molecule has 1 atom stereocenters. The van der Waals surface area contributed by atoms with Crippen LogP contribution in [-0.4, -0.2) is 37.1 Å². The fourth-order valence-corrected chi connectivity index (χ4v) is 3.72. The topological polar surface area (TPSA) is 15.3 Å². The van der Waals surface area contributed by atoms with Gasteiger partial charge in [-0.1, -0.05) is 51.9 Å². The molecule has 1 heterocycles. The van der Waals surface area contributed by atoms with Crippen LogP contribution in [0.15, 0.2) is 0 Å². The number of hydrogen-bond donors (Lipinski definition) is 1. The van der Waals surface area contributed by atoms with Crippen LogP contribution in [0.4, 0.5) is 0 Å². The molecule has 2 fully saturated rings. The van der Waals surface area contributed by atoms with Crippen molar-refractivity contribution in [1.82, 2.24) is 10.2 Å². The molecule has 0 amide bonds. The lowest BCUT2D eigenvalue weighted by atomic mass is 9.99. The van der Waals surface area contributed by atoms with Crippen LogP contribution in [0.25, 0.3) is 0 Å². The molecular weight excluding hydrogens is 256 g/mol. The summed E-state index contributed by atoms with van der Waals surface area (Å²) in [6, 6.07) is 0.955. The van der Waals surface area contributed by atoms with E-state index >= 15 is 0 Å². The monoisotopic (exact) mass is 294 g/mol. The predicted molar refractivity (Wildman–Crippen MR) is 92.8 cm³/mol. The Balaban J connectivity index is 1.49. The standard InChI is InChI=1S/C19H38N2/c1-2-3-4-5-6-7-8-9-15-21(19-12-13-19)17-18-11-10-14-20-16-18/h18-20H,2-17H2,1H3. The second-order valence-electron chi connectivity index (χ2n) is 7.41. The highest BCUT2D eigenvalue weighted by atomic mass is 15.2. The number of nitrogens with zero attached hydrogens (tertiary/aromatic N) is 1. The molecule has 0 radical (unpaired) electrons. The van der Waals surface area contributed by atoms with E-state index in [0.29, 0.717) is 0 Å².